The fraction of sp³-hybridized carbons (Fsp3) is 0.400. The first kappa shape index (κ1) is 31.1. The number of benzene rings is 3. The Hall–Kier alpha value is -4.37. The predicted octanol–water partition coefficient (Wildman–Crippen LogP) is 4.31. The summed E-state index contributed by atoms with van der Waals surface area (Å²) in [5.74, 6) is 0.492. The molecule has 232 valence electrons. The van der Waals surface area contributed by atoms with E-state index >= 15 is 0 Å². The van der Waals surface area contributed by atoms with E-state index in [0.717, 1.165) is 37.2 Å². The zero-order chi connectivity index (χ0) is 30.8. The number of piperidine rings is 1. The molecule has 1 atom stereocenters. The summed E-state index contributed by atoms with van der Waals surface area (Å²) in [6.45, 7) is 3.19. The number of carbonyl (C=O) groups is 3. The number of likely N-dealkylation sites (tertiary alicyclic amines) is 1. The summed E-state index contributed by atoms with van der Waals surface area (Å²) in [6.07, 6.45) is 2.49. The quantitative estimate of drug-likeness (QED) is 0.302. The van der Waals surface area contributed by atoms with Crippen LogP contribution in [0.25, 0.3) is 0 Å². The Bertz CT molecular complexity index is 1390. The van der Waals surface area contributed by atoms with Crippen molar-refractivity contribution >= 4 is 17.9 Å². The van der Waals surface area contributed by atoms with Gasteiger partial charge in [-0.25, -0.2) is 4.79 Å². The van der Waals surface area contributed by atoms with Gasteiger partial charge in [-0.3, -0.25) is 9.59 Å². The molecule has 0 unspecified atom stereocenters. The van der Waals surface area contributed by atoms with Gasteiger partial charge in [-0.05, 0) is 49.3 Å². The number of alkyl carbamates (subject to hydrolysis) is 1. The first-order valence-electron chi connectivity index (χ1n) is 15.4. The van der Waals surface area contributed by atoms with Crippen molar-refractivity contribution in [3.63, 3.8) is 0 Å². The highest BCUT2D eigenvalue weighted by Gasteiger charge is 2.53. The van der Waals surface area contributed by atoms with Gasteiger partial charge in [-0.1, -0.05) is 78.9 Å². The van der Waals surface area contributed by atoms with Gasteiger partial charge in [-0.15, -0.1) is 0 Å². The van der Waals surface area contributed by atoms with Crippen molar-refractivity contribution in [2.75, 3.05) is 33.3 Å². The fourth-order valence-corrected chi connectivity index (χ4v) is 6.15. The molecule has 2 N–H and O–H groups in total. The molecule has 0 aromatic heterocycles. The van der Waals surface area contributed by atoms with Gasteiger partial charge in [0.15, 0.2) is 0 Å². The molecule has 3 aromatic carbocycles. The molecule has 1 spiro atoms. The van der Waals surface area contributed by atoms with Crippen LogP contribution < -0.4 is 15.4 Å². The second-order valence-electron chi connectivity index (χ2n) is 11.5. The molecule has 2 saturated heterocycles. The average molecular weight is 599 g/mol. The lowest BCUT2D eigenvalue weighted by atomic mass is 9.81. The zero-order valence-corrected chi connectivity index (χ0v) is 25.4. The zero-order valence-electron chi connectivity index (χ0n) is 25.4. The van der Waals surface area contributed by atoms with E-state index in [0.29, 0.717) is 44.5 Å². The summed E-state index contributed by atoms with van der Waals surface area (Å²) < 4.78 is 10.9. The van der Waals surface area contributed by atoms with Gasteiger partial charge in [0, 0.05) is 31.7 Å². The molecule has 0 bridgehead atoms. The fourth-order valence-electron chi connectivity index (χ4n) is 6.15. The number of methoxy groups -OCH3 is 1. The van der Waals surface area contributed by atoms with Crippen LogP contribution in [-0.4, -0.2) is 72.6 Å². The van der Waals surface area contributed by atoms with E-state index in [9.17, 15) is 14.4 Å². The smallest absolute Gasteiger partial charge is 0.407 e. The summed E-state index contributed by atoms with van der Waals surface area (Å²) in [5.41, 5.74) is 2.14. The number of nitrogens with zero attached hydrogens (tertiary/aromatic N) is 2. The predicted molar refractivity (Wildman–Crippen MR) is 168 cm³/mol. The number of piperazine rings is 1. The van der Waals surface area contributed by atoms with Gasteiger partial charge in [0.1, 0.15) is 23.9 Å². The van der Waals surface area contributed by atoms with Crippen molar-refractivity contribution in [2.45, 2.75) is 56.8 Å². The van der Waals surface area contributed by atoms with Crippen LogP contribution in [0.15, 0.2) is 84.9 Å². The molecular formula is C35H42N4O5. The van der Waals surface area contributed by atoms with E-state index < -0.39 is 17.7 Å². The maximum atomic E-state index is 14.1. The van der Waals surface area contributed by atoms with E-state index in [1.165, 1.54) is 5.56 Å². The summed E-state index contributed by atoms with van der Waals surface area (Å²) in [6, 6.07) is 26.9. The molecule has 3 aromatic rings. The van der Waals surface area contributed by atoms with E-state index in [1.54, 1.807) is 12.0 Å². The first-order chi connectivity index (χ1) is 21.5. The maximum Gasteiger partial charge on any atom is 0.407 e. The number of para-hydroxylation sites is 1. The van der Waals surface area contributed by atoms with E-state index in [-0.39, 0.29) is 18.4 Å². The summed E-state index contributed by atoms with van der Waals surface area (Å²) in [5, 5.41) is 5.80. The molecule has 2 fully saturated rings. The first-order valence-corrected chi connectivity index (χ1v) is 15.4. The van der Waals surface area contributed by atoms with Crippen LogP contribution in [0.2, 0.25) is 0 Å². The molecule has 5 rings (SSSR count). The molecule has 0 radical (unpaired) electrons. The van der Waals surface area contributed by atoms with Crippen molar-refractivity contribution < 1.29 is 23.9 Å². The van der Waals surface area contributed by atoms with Crippen molar-refractivity contribution in [3.8, 4) is 5.75 Å². The van der Waals surface area contributed by atoms with E-state index in [4.69, 9.17) is 9.47 Å². The minimum atomic E-state index is -0.919. The highest BCUT2D eigenvalue weighted by atomic mass is 16.5. The molecule has 2 aliphatic rings. The average Bonchev–Trinajstić information content (AvgIpc) is 3.07. The molecule has 2 heterocycles. The van der Waals surface area contributed by atoms with Crippen LogP contribution in [0.1, 0.15) is 42.4 Å². The summed E-state index contributed by atoms with van der Waals surface area (Å²) >= 11 is 0. The SMILES string of the molecule is COc1ccccc1CN1C(=O)[C@H](CCCNC(=O)OCc2ccccc2)NC(=O)C12CCN(CCc1ccccc1)CC2. The molecule has 0 saturated carbocycles. The highest BCUT2D eigenvalue weighted by Crippen LogP contribution is 2.36. The van der Waals surface area contributed by atoms with Crippen molar-refractivity contribution in [1.82, 2.24) is 20.4 Å². The Morgan fingerprint density at radius 2 is 1.59 bits per heavy atom. The van der Waals surface area contributed by atoms with Gasteiger partial charge in [0.2, 0.25) is 11.8 Å². The third kappa shape index (κ3) is 7.58. The lowest BCUT2D eigenvalue weighted by molar-refractivity contribution is -0.162. The molecule has 44 heavy (non-hydrogen) atoms. The van der Waals surface area contributed by atoms with Crippen molar-refractivity contribution in [3.05, 3.63) is 102 Å². The van der Waals surface area contributed by atoms with E-state index in [1.807, 2.05) is 60.7 Å². The summed E-state index contributed by atoms with van der Waals surface area (Å²) in [4.78, 5) is 44.3. The molecular weight excluding hydrogens is 556 g/mol. The third-order valence-electron chi connectivity index (χ3n) is 8.72. The number of amides is 3. The van der Waals surface area contributed by atoms with Gasteiger partial charge < -0.3 is 29.9 Å². The topological polar surface area (TPSA) is 100 Å². The minimum Gasteiger partial charge on any atom is -0.496 e. The van der Waals surface area contributed by atoms with Crippen LogP contribution in [0.3, 0.4) is 0 Å². The van der Waals surface area contributed by atoms with Crippen LogP contribution in [0, 0.1) is 0 Å². The number of rotatable bonds is 12. The van der Waals surface area contributed by atoms with Gasteiger partial charge in [-0.2, -0.15) is 0 Å². The third-order valence-corrected chi connectivity index (χ3v) is 8.72. The molecule has 2 aliphatic heterocycles. The van der Waals surface area contributed by atoms with Gasteiger partial charge in [0.05, 0.1) is 13.7 Å². The number of ether oxygens (including phenoxy) is 2. The maximum absolute atomic E-state index is 14.1. The number of hydrogen-bond donors (Lipinski definition) is 2. The van der Waals surface area contributed by atoms with Crippen molar-refractivity contribution in [1.29, 1.82) is 0 Å². The van der Waals surface area contributed by atoms with Crippen LogP contribution in [0.4, 0.5) is 4.79 Å². The Morgan fingerprint density at radius 1 is 0.932 bits per heavy atom. The Labute approximate surface area is 259 Å². The Kier molecular flexibility index (Phi) is 10.5. The van der Waals surface area contributed by atoms with E-state index in [2.05, 4.69) is 39.8 Å². The second kappa shape index (κ2) is 14.9. The highest BCUT2D eigenvalue weighted by molar-refractivity contribution is 6.00. The molecule has 9 nitrogen and oxygen atoms in total. The normalized spacial score (nSPS) is 18.1. The van der Waals surface area contributed by atoms with Crippen LogP contribution in [0.5, 0.6) is 5.75 Å². The number of hydrogen-bond acceptors (Lipinski definition) is 6. The number of nitrogens with one attached hydrogen (secondary N) is 2. The Morgan fingerprint density at radius 3 is 2.30 bits per heavy atom. The molecule has 0 aliphatic carbocycles. The lowest BCUT2D eigenvalue weighted by Crippen LogP contribution is -2.72. The minimum absolute atomic E-state index is 0.0973. The van der Waals surface area contributed by atoms with Crippen LogP contribution >= 0.6 is 0 Å². The van der Waals surface area contributed by atoms with Gasteiger partial charge in [0.25, 0.3) is 0 Å². The summed E-state index contributed by atoms with van der Waals surface area (Å²) in [7, 11) is 1.62. The monoisotopic (exact) mass is 598 g/mol. The molecule has 9 heteroatoms. The lowest BCUT2D eigenvalue weighted by Gasteiger charge is -2.51. The second-order valence-corrected chi connectivity index (χ2v) is 11.5. The molecule has 3 amide bonds. The van der Waals surface area contributed by atoms with Crippen molar-refractivity contribution in [2.24, 2.45) is 0 Å². The Balaban J connectivity index is 1.21. The van der Waals surface area contributed by atoms with Gasteiger partial charge >= 0.3 is 6.09 Å². The van der Waals surface area contributed by atoms with Crippen LogP contribution in [-0.2, 0) is 33.9 Å². The standard InChI is InChI=1S/C35H42N4O5/c1-43-31-17-9-8-15-29(31)25-39-32(40)30(16-10-21-36-34(42)44-26-28-13-6-3-7-14-28)37-33(41)35(39)19-23-38(24-20-35)22-18-27-11-4-2-5-12-27/h2-9,11-15,17,30H,10,16,18-26H2,1H3,(H,36,42)(H,37,41)/t30-/m0/s1. The largest absolute Gasteiger partial charge is 0.496 e. The number of carbonyl (C=O) groups excluding carboxylic acids is 3.